The second-order valence-corrected chi connectivity index (χ2v) is 6.49. The monoisotopic (exact) mass is 344 g/mol. The van der Waals surface area contributed by atoms with E-state index in [0.29, 0.717) is 39.9 Å². The molecule has 0 bridgehead atoms. The lowest BCUT2D eigenvalue weighted by molar-refractivity contribution is -0.116. The van der Waals surface area contributed by atoms with E-state index in [2.05, 4.69) is 10.6 Å². The van der Waals surface area contributed by atoms with Gasteiger partial charge in [0.05, 0.1) is 11.3 Å². The molecular weight excluding hydrogens is 328 g/mol. The van der Waals surface area contributed by atoms with E-state index in [1.807, 2.05) is 13.8 Å². The lowest BCUT2D eigenvalue weighted by Gasteiger charge is -2.10. The van der Waals surface area contributed by atoms with Crippen LogP contribution in [0.1, 0.15) is 30.6 Å². The molecule has 0 fully saturated rings. The normalized spacial score (nSPS) is 12.6. The first-order valence-electron chi connectivity index (χ1n) is 7.65. The van der Waals surface area contributed by atoms with Crippen molar-refractivity contribution in [3.63, 3.8) is 0 Å². The number of rotatable bonds is 3. The average Bonchev–Trinajstić information content (AvgIpc) is 2.62. The van der Waals surface area contributed by atoms with Crippen LogP contribution in [0.15, 0.2) is 36.4 Å². The summed E-state index contributed by atoms with van der Waals surface area (Å²) in [7, 11) is 0. The number of fused-ring (bicyclic) bond motifs is 2. The standard InChI is InChI=1S/C18H17ClN2O3/c1-10(2)7-17(22)20-12-4-6-15-13(9-12)18(23)21-14-8-11(19)3-5-16(14)24-15/h3-6,8-10H,7H2,1-2H3,(H,20,22)(H,21,23). The van der Waals surface area contributed by atoms with E-state index in [4.69, 9.17) is 16.3 Å². The van der Waals surface area contributed by atoms with Crippen LogP contribution in [0, 0.1) is 5.92 Å². The van der Waals surface area contributed by atoms with E-state index in [-0.39, 0.29) is 17.7 Å². The number of hydrogen-bond acceptors (Lipinski definition) is 3. The van der Waals surface area contributed by atoms with E-state index < -0.39 is 0 Å². The van der Waals surface area contributed by atoms with Gasteiger partial charge in [0.1, 0.15) is 5.75 Å². The Morgan fingerprint density at radius 2 is 1.96 bits per heavy atom. The minimum Gasteiger partial charge on any atom is -0.454 e. The highest BCUT2D eigenvalue weighted by atomic mass is 35.5. The topological polar surface area (TPSA) is 67.4 Å². The first-order chi connectivity index (χ1) is 11.4. The highest BCUT2D eigenvalue weighted by Crippen LogP contribution is 2.37. The molecule has 0 atom stereocenters. The molecule has 0 saturated carbocycles. The van der Waals surface area contributed by atoms with Gasteiger partial charge >= 0.3 is 0 Å². The smallest absolute Gasteiger partial charge is 0.259 e. The Morgan fingerprint density at radius 3 is 2.71 bits per heavy atom. The van der Waals surface area contributed by atoms with Crippen molar-refractivity contribution in [2.24, 2.45) is 5.92 Å². The van der Waals surface area contributed by atoms with Crippen LogP contribution in [0.25, 0.3) is 0 Å². The molecular formula is C18H17ClN2O3. The minimum absolute atomic E-state index is 0.0880. The number of carbonyl (C=O) groups is 2. The van der Waals surface area contributed by atoms with Gasteiger partial charge in [0, 0.05) is 17.1 Å². The van der Waals surface area contributed by atoms with E-state index >= 15 is 0 Å². The largest absolute Gasteiger partial charge is 0.454 e. The van der Waals surface area contributed by atoms with Crippen LogP contribution in [-0.4, -0.2) is 11.8 Å². The summed E-state index contributed by atoms with van der Waals surface area (Å²) in [6.45, 7) is 3.94. The first-order valence-corrected chi connectivity index (χ1v) is 8.03. The number of carbonyl (C=O) groups excluding carboxylic acids is 2. The number of nitrogens with one attached hydrogen (secondary N) is 2. The van der Waals surface area contributed by atoms with E-state index in [1.165, 1.54) is 0 Å². The molecule has 2 aromatic rings. The fourth-order valence-electron chi connectivity index (χ4n) is 2.45. The van der Waals surface area contributed by atoms with Crippen molar-refractivity contribution < 1.29 is 14.3 Å². The third-order valence-corrected chi connectivity index (χ3v) is 3.75. The minimum atomic E-state index is -0.314. The average molecular weight is 345 g/mol. The fraction of sp³-hybridized carbons (Fsp3) is 0.222. The highest BCUT2D eigenvalue weighted by Gasteiger charge is 2.21. The van der Waals surface area contributed by atoms with E-state index in [1.54, 1.807) is 36.4 Å². The van der Waals surface area contributed by atoms with Crippen molar-refractivity contribution in [3.8, 4) is 11.5 Å². The maximum atomic E-state index is 12.4. The van der Waals surface area contributed by atoms with Crippen molar-refractivity contribution in [2.75, 3.05) is 10.6 Å². The number of benzene rings is 2. The van der Waals surface area contributed by atoms with Crippen molar-refractivity contribution >= 4 is 34.8 Å². The number of halogens is 1. The molecule has 0 aliphatic carbocycles. The highest BCUT2D eigenvalue weighted by molar-refractivity contribution is 6.31. The molecule has 3 rings (SSSR count). The summed E-state index contributed by atoms with van der Waals surface area (Å²) in [5, 5.41) is 6.07. The molecule has 1 aliphatic heterocycles. The lowest BCUT2D eigenvalue weighted by Crippen LogP contribution is -2.15. The molecule has 2 N–H and O–H groups in total. The van der Waals surface area contributed by atoms with Gasteiger partial charge in [0.15, 0.2) is 5.75 Å². The maximum absolute atomic E-state index is 12.4. The molecule has 0 unspecified atom stereocenters. The Morgan fingerprint density at radius 1 is 1.21 bits per heavy atom. The molecule has 6 heteroatoms. The molecule has 0 radical (unpaired) electrons. The van der Waals surface area contributed by atoms with Gasteiger partial charge < -0.3 is 15.4 Å². The predicted molar refractivity (Wildman–Crippen MR) is 94.0 cm³/mol. The van der Waals surface area contributed by atoms with Crippen molar-refractivity contribution in [3.05, 3.63) is 47.0 Å². The predicted octanol–water partition coefficient (Wildman–Crippen LogP) is 4.68. The number of amides is 2. The molecule has 5 nitrogen and oxygen atoms in total. The second-order valence-electron chi connectivity index (χ2n) is 6.05. The van der Waals surface area contributed by atoms with E-state index in [0.717, 1.165) is 0 Å². The maximum Gasteiger partial charge on any atom is 0.259 e. The van der Waals surface area contributed by atoms with E-state index in [9.17, 15) is 9.59 Å². The summed E-state index contributed by atoms with van der Waals surface area (Å²) < 4.78 is 5.80. The molecule has 2 amide bonds. The Bertz CT molecular complexity index is 818. The van der Waals surface area contributed by atoms with Crippen LogP contribution in [0.2, 0.25) is 5.02 Å². The summed E-state index contributed by atoms with van der Waals surface area (Å²) in [6.07, 6.45) is 0.420. The van der Waals surface area contributed by atoms with Crippen LogP contribution in [-0.2, 0) is 4.79 Å². The Hall–Kier alpha value is -2.53. The molecule has 2 aromatic carbocycles. The van der Waals surface area contributed by atoms with Gasteiger partial charge in [-0.2, -0.15) is 0 Å². The number of hydrogen-bond donors (Lipinski definition) is 2. The van der Waals surface area contributed by atoms with Crippen LogP contribution in [0.3, 0.4) is 0 Å². The van der Waals surface area contributed by atoms with Crippen LogP contribution < -0.4 is 15.4 Å². The fourth-order valence-corrected chi connectivity index (χ4v) is 2.63. The quantitative estimate of drug-likeness (QED) is 0.849. The van der Waals surface area contributed by atoms with Crippen molar-refractivity contribution in [2.45, 2.75) is 20.3 Å². The first kappa shape index (κ1) is 16.3. The molecule has 0 aromatic heterocycles. The molecule has 0 spiro atoms. The summed E-state index contributed by atoms with van der Waals surface area (Å²) in [5.41, 5.74) is 1.42. The molecule has 124 valence electrons. The molecule has 1 heterocycles. The second kappa shape index (κ2) is 6.53. The van der Waals surface area contributed by atoms with Gasteiger partial charge in [-0.3, -0.25) is 9.59 Å². The molecule has 0 saturated heterocycles. The van der Waals surface area contributed by atoms with Gasteiger partial charge in [-0.1, -0.05) is 25.4 Å². The molecule has 24 heavy (non-hydrogen) atoms. The SMILES string of the molecule is CC(C)CC(=O)Nc1ccc2c(c1)C(=O)Nc1cc(Cl)ccc1O2. The summed E-state index contributed by atoms with van der Waals surface area (Å²) in [5.74, 6) is 0.802. The van der Waals surface area contributed by atoms with Crippen molar-refractivity contribution in [1.29, 1.82) is 0 Å². The summed E-state index contributed by atoms with van der Waals surface area (Å²) in [4.78, 5) is 24.3. The third-order valence-electron chi connectivity index (χ3n) is 3.51. The van der Waals surface area contributed by atoms with Crippen LogP contribution >= 0.6 is 11.6 Å². The zero-order valence-corrected chi connectivity index (χ0v) is 14.1. The third kappa shape index (κ3) is 3.51. The van der Waals surface area contributed by atoms with Gasteiger partial charge in [-0.15, -0.1) is 0 Å². The van der Waals surface area contributed by atoms with Gasteiger partial charge in [0.2, 0.25) is 5.91 Å². The van der Waals surface area contributed by atoms with Gasteiger partial charge in [-0.25, -0.2) is 0 Å². The zero-order chi connectivity index (χ0) is 17.3. The number of anilines is 2. The zero-order valence-electron chi connectivity index (χ0n) is 13.4. The Labute approximate surface area is 145 Å². The Kier molecular flexibility index (Phi) is 4.44. The van der Waals surface area contributed by atoms with Gasteiger partial charge in [-0.05, 0) is 42.3 Å². The van der Waals surface area contributed by atoms with Gasteiger partial charge in [0.25, 0.3) is 5.91 Å². The van der Waals surface area contributed by atoms with Crippen molar-refractivity contribution in [1.82, 2.24) is 0 Å². The van der Waals surface area contributed by atoms with Crippen LogP contribution in [0.4, 0.5) is 11.4 Å². The Balaban J connectivity index is 1.88. The summed E-state index contributed by atoms with van der Waals surface area (Å²) in [6, 6.07) is 10.0. The number of ether oxygens (including phenoxy) is 1. The summed E-state index contributed by atoms with van der Waals surface area (Å²) >= 11 is 5.96. The lowest BCUT2D eigenvalue weighted by atomic mass is 10.1. The molecule has 1 aliphatic rings. The van der Waals surface area contributed by atoms with Crippen LogP contribution in [0.5, 0.6) is 11.5 Å².